The second-order valence-electron chi connectivity index (χ2n) is 6.88. The third kappa shape index (κ3) is 7.15. The van der Waals surface area contributed by atoms with Crippen LogP contribution in [0.3, 0.4) is 0 Å². The van der Waals surface area contributed by atoms with Crippen LogP contribution in [-0.4, -0.2) is 56.2 Å². The van der Waals surface area contributed by atoms with Crippen LogP contribution >= 0.6 is 0 Å². The van der Waals surface area contributed by atoms with Crippen LogP contribution in [0, 0.1) is 0 Å². The Kier molecular flexibility index (Phi) is 8.45. The van der Waals surface area contributed by atoms with Crippen molar-refractivity contribution in [1.82, 2.24) is 0 Å². The van der Waals surface area contributed by atoms with Gasteiger partial charge in [0, 0.05) is 6.42 Å². The van der Waals surface area contributed by atoms with Crippen molar-refractivity contribution >= 4 is 11.9 Å². The van der Waals surface area contributed by atoms with Gasteiger partial charge in [0.05, 0.1) is 7.11 Å². The Morgan fingerprint density at radius 3 is 1.87 bits per heavy atom. The number of aromatic hydroxyl groups is 4. The minimum absolute atomic E-state index is 0.0795. The summed E-state index contributed by atoms with van der Waals surface area (Å²) in [5.41, 5.74) is 10.9. The zero-order chi connectivity index (χ0) is 23.1. The van der Waals surface area contributed by atoms with E-state index in [9.17, 15) is 19.8 Å². The third-order valence-electron chi connectivity index (χ3n) is 4.10. The quantitative estimate of drug-likeness (QED) is 0.255. The van der Waals surface area contributed by atoms with Crippen LogP contribution in [0.1, 0.15) is 18.1 Å². The van der Waals surface area contributed by atoms with Crippen molar-refractivity contribution in [1.29, 1.82) is 0 Å². The summed E-state index contributed by atoms with van der Waals surface area (Å²) in [6.45, 7) is 1.39. The predicted molar refractivity (Wildman–Crippen MR) is 107 cm³/mol. The van der Waals surface area contributed by atoms with Crippen LogP contribution in [0.2, 0.25) is 0 Å². The normalized spacial score (nSPS) is 13.3. The molecule has 0 aliphatic heterocycles. The number of aliphatic carboxylic acids is 1. The lowest BCUT2D eigenvalue weighted by atomic mass is 9.94. The van der Waals surface area contributed by atoms with E-state index in [2.05, 4.69) is 4.74 Å². The molecule has 0 fully saturated rings. The number of phenolic OH excluding ortho intramolecular Hbond substituents is 4. The van der Waals surface area contributed by atoms with Crippen LogP contribution in [0.25, 0.3) is 0 Å². The van der Waals surface area contributed by atoms with E-state index in [4.69, 9.17) is 26.8 Å². The summed E-state index contributed by atoms with van der Waals surface area (Å²) in [5.74, 6) is -2.59. The highest BCUT2D eigenvalue weighted by atomic mass is 16.5. The number of benzene rings is 2. The molecule has 0 heterocycles. The molecule has 10 nitrogen and oxygen atoms in total. The Hall–Kier alpha value is -3.50. The molecule has 0 aliphatic rings. The first-order chi connectivity index (χ1) is 13.9. The van der Waals surface area contributed by atoms with Crippen molar-refractivity contribution < 1.29 is 39.9 Å². The smallest absolute Gasteiger partial charge is 0.323 e. The number of hydrogen-bond acceptors (Lipinski definition) is 9. The van der Waals surface area contributed by atoms with E-state index in [1.54, 1.807) is 6.07 Å². The van der Waals surface area contributed by atoms with Gasteiger partial charge in [-0.05, 0) is 48.7 Å². The fourth-order valence-corrected chi connectivity index (χ4v) is 2.36. The maximum atomic E-state index is 11.0. The second-order valence-corrected chi connectivity index (χ2v) is 6.88. The minimum atomic E-state index is -1.39. The first-order valence-corrected chi connectivity index (χ1v) is 8.74. The summed E-state index contributed by atoms with van der Waals surface area (Å²) in [5, 5.41) is 45.3. The van der Waals surface area contributed by atoms with Crippen LogP contribution in [-0.2, 0) is 27.2 Å². The van der Waals surface area contributed by atoms with Crippen molar-refractivity contribution in [2.75, 3.05) is 7.11 Å². The fourth-order valence-electron chi connectivity index (χ4n) is 2.36. The number of carboxylic acids is 1. The summed E-state index contributed by atoms with van der Waals surface area (Å²) >= 11 is 0. The molecule has 0 amide bonds. The Balaban J connectivity index is 0.000000300. The number of rotatable bonds is 6. The van der Waals surface area contributed by atoms with Gasteiger partial charge < -0.3 is 41.7 Å². The van der Waals surface area contributed by atoms with Crippen LogP contribution < -0.4 is 11.5 Å². The molecular formula is C20H26N2O8. The van der Waals surface area contributed by atoms with Gasteiger partial charge in [0.2, 0.25) is 0 Å². The van der Waals surface area contributed by atoms with Gasteiger partial charge in [0.15, 0.2) is 23.0 Å². The van der Waals surface area contributed by atoms with Crippen molar-refractivity contribution in [3.05, 3.63) is 47.5 Å². The SMILES string of the molecule is COC(=O)[C@@H](N)Cc1ccc(O)c(O)c1.C[C@](N)(Cc1ccc(O)c(O)c1)C(=O)O. The molecule has 2 aromatic rings. The number of esters is 1. The molecule has 0 saturated carbocycles. The predicted octanol–water partition coefficient (Wildman–Crippen LogP) is 0.583. The van der Waals surface area contributed by atoms with Gasteiger partial charge in [-0.1, -0.05) is 12.1 Å². The summed E-state index contributed by atoms with van der Waals surface area (Å²) in [6, 6.07) is 7.62. The topological polar surface area (TPSA) is 197 Å². The zero-order valence-corrected chi connectivity index (χ0v) is 16.6. The highest BCUT2D eigenvalue weighted by Crippen LogP contribution is 2.26. The summed E-state index contributed by atoms with van der Waals surface area (Å²) in [6.07, 6.45) is 0.330. The van der Waals surface area contributed by atoms with Gasteiger partial charge in [-0.15, -0.1) is 0 Å². The number of carbonyl (C=O) groups is 2. The van der Waals surface area contributed by atoms with Crippen LogP contribution in [0.15, 0.2) is 36.4 Å². The lowest BCUT2D eigenvalue weighted by Crippen LogP contribution is -2.46. The maximum absolute atomic E-state index is 11.0. The number of nitrogens with two attached hydrogens (primary N) is 2. The number of carboxylic acid groups (broad SMARTS) is 1. The highest BCUT2D eigenvalue weighted by Gasteiger charge is 2.28. The zero-order valence-electron chi connectivity index (χ0n) is 16.6. The standard InChI is InChI=1S/2C10H13NO4/c1-15-10(14)7(11)4-6-2-3-8(12)9(13)5-6;1-10(11,9(14)15)5-6-2-3-7(12)8(13)4-6/h2-3,5,7,12-13H,4,11H2,1H3;2-4,12-13H,5,11H2,1H3,(H,14,15)/t7-;10-/m00/s1. The lowest BCUT2D eigenvalue weighted by Gasteiger charge is -2.19. The van der Waals surface area contributed by atoms with Crippen molar-refractivity contribution in [2.45, 2.75) is 31.3 Å². The molecule has 164 valence electrons. The van der Waals surface area contributed by atoms with E-state index in [0.29, 0.717) is 11.1 Å². The van der Waals surface area contributed by atoms with Gasteiger partial charge in [-0.3, -0.25) is 9.59 Å². The van der Waals surface area contributed by atoms with E-state index >= 15 is 0 Å². The second kappa shape index (κ2) is 10.3. The summed E-state index contributed by atoms with van der Waals surface area (Å²) < 4.78 is 4.46. The number of hydrogen-bond donors (Lipinski definition) is 7. The average Bonchev–Trinajstić information content (AvgIpc) is 2.67. The fraction of sp³-hybridized carbons (Fsp3) is 0.300. The average molecular weight is 422 g/mol. The van der Waals surface area contributed by atoms with Gasteiger partial charge in [-0.25, -0.2) is 0 Å². The van der Waals surface area contributed by atoms with Gasteiger partial charge in [0.1, 0.15) is 11.6 Å². The van der Waals surface area contributed by atoms with Crippen molar-refractivity contribution in [3.63, 3.8) is 0 Å². The number of carbonyl (C=O) groups excluding carboxylic acids is 1. The molecule has 10 heteroatoms. The molecule has 2 rings (SSSR count). The largest absolute Gasteiger partial charge is 0.504 e. The Morgan fingerprint density at radius 2 is 1.43 bits per heavy atom. The van der Waals surface area contributed by atoms with Gasteiger partial charge in [0.25, 0.3) is 0 Å². The molecule has 2 atom stereocenters. The van der Waals surface area contributed by atoms with Crippen LogP contribution in [0.4, 0.5) is 0 Å². The molecule has 0 spiro atoms. The first kappa shape index (κ1) is 24.5. The van der Waals surface area contributed by atoms with Crippen LogP contribution in [0.5, 0.6) is 23.0 Å². The Labute approximate surface area is 173 Å². The molecule has 2 aromatic carbocycles. The van der Waals surface area contributed by atoms with E-state index in [1.807, 2.05) is 0 Å². The summed E-state index contributed by atoms with van der Waals surface area (Å²) in [7, 11) is 1.26. The van der Waals surface area contributed by atoms with Gasteiger partial charge in [-0.2, -0.15) is 0 Å². The number of ether oxygens (including phenoxy) is 1. The first-order valence-electron chi connectivity index (χ1n) is 8.74. The van der Waals surface area contributed by atoms with Gasteiger partial charge >= 0.3 is 11.9 Å². The molecule has 0 unspecified atom stereocenters. The van der Waals surface area contributed by atoms with Crippen molar-refractivity contribution in [3.8, 4) is 23.0 Å². The Bertz CT molecular complexity index is 896. The monoisotopic (exact) mass is 422 g/mol. The lowest BCUT2D eigenvalue weighted by molar-refractivity contribution is -0.143. The van der Waals surface area contributed by atoms with E-state index < -0.39 is 23.5 Å². The molecule has 30 heavy (non-hydrogen) atoms. The minimum Gasteiger partial charge on any atom is -0.504 e. The maximum Gasteiger partial charge on any atom is 0.323 e. The number of phenols is 4. The number of methoxy groups -OCH3 is 1. The molecule has 0 aliphatic carbocycles. The molecule has 0 bridgehead atoms. The third-order valence-corrected chi connectivity index (χ3v) is 4.10. The van der Waals surface area contributed by atoms with Crippen molar-refractivity contribution in [2.24, 2.45) is 11.5 Å². The van der Waals surface area contributed by atoms with E-state index in [0.717, 1.165) is 0 Å². The molecule has 0 aromatic heterocycles. The molecule has 0 radical (unpaired) electrons. The van der Waals surface area contributed by atoms with E-state index in [1.165, 1.54) is 44.4 Å². The van der Waals surface area contributed by atoms with E-state index in [-0.39, 0.29) is 35.8 Å². The highest BCUT2D eigenvalue weighted by molar-refractivity contribution is 5.78. The molecule has 9 N–H and O–H groups in total. The summed E-state index contributed by atoms with van der Waals surface area (Å²) in [4.78, 5) is 21.7. The molecule has 0 saturated heterocycles. The molecular weight excluding hydrogens is 396 g/mol. The Morgan fingerprint density at radius 1 is 0.967 bits per heavy atom.